The summed E-state index contributed by atoms with van der Waals surface area (Å²) in [6.07, 6.45) is -63.1. The minimum atomic E-state index is -14.5. The van der Waals surface area contributed by atoms with Gasteiger partial charge in [0, 0.05) is 0 Å². The fourth-order valence-corrected chi connectivity index (χ4v) is 6.75. The molecule has 0 aliphatic heterocycles. The molecule has 0 heterocycles. The predicted molar refractivity (Wildman–Crippen MR) is 168 cm³/mol. The summed E-state index contributed by atoms with van der Waals surface area (Å²) in [6, 6.07) is 0. The number of hydrogen-bond donors (Lipinski definition) is 0. The van der Waals surface area contributed by atoms with E-state index in [-0.39, 0.29) is 0 Å². The Morgan fingerprint density at radius 1 is 0.0777 bits per heavy atom. The van der Waals surface area contributed by atoms with E-state index in [1.54, 1.807) is 0 Å². The number of rotatable bonds is 27. The van der Waals surface area contributed by atoms with Crippen LogP contribution < -0.4 is 0 Å². The lowest BCUT2D eigenvalue weighted by molar-refractivity contribution is -0.558. The quantitative estimate of drug-likeness (QED) is 0.0585. The van der Waals surface area contributed by atoms with E-state index in [4.69, 9.17) is 0 Å². The lowest BCUT2D eigenvalue weighted by atomic mass is 9.75. The topological polar surface area (TPSA) is 3.24 Å². The molecule has 70 heteroatoms. The van der Waals surface area contributed by atoms with Crippen molar-refractivity contribution in [2.45, 2.75) is 197 Å². The van der Waals surface area contributed by atoms with Crippen LogP contribution in [0.3, 0.4) is 0 Å². The van der Waals surface area contributed by atoms with Crippen LogP contribution in [0.4, 0.5) is 303 Å². The normalized spacial score (nSPS) is 19.0. The summed E-state index contributed by atoms with van der Waals surface area (Å²) in [5.41, 5.74) is 0. The smallest absolute Gasteiger partial charge is 0.212 e. The highest BCUT2D eigenvalue weighted by Crippen LogP contribution is 2.78. The van der Waals surface area contributed by atoms with Crippen molar-refractivity contribution in [3.63, 3.8) is 0 Å². The lowest BCUT2D eigenvalue weighted by Crippen LogP contribution is -2.95. The molecule has 0 spiro atoms. The monoisotopic (exact) mass is 1720 g/mol. The minimum absolute atomic E-state index is 9.39. The molecule has 0 aromatic carbocycles. The molecule has 0 saturated heterocycles. The first-order valence-corrected chi connectivity index (χ1v) is 21.2. The van der Waals surface area contributed by atoms with Crippen molar-refractivity contribution in [2.75, 3.05) is 0 Å². The van der Waals surface area contributed by atoms with Crippen molar-refractivity contribution in [1.29, 1.82) is 0 Å². The Balaban J connectivity index is 12.6. The van der Waals surface area contributed by atoms with Crippen molar-refractivity contribution < 1.29 is 303 Å². The summed E-state index contributed by atoms with van der Waals surface area (Å²) in [6.45, 7) is 0. The molecule has 0 bridgehead atoms. The van der Waals surface area contributed by atoms with Gasteiger partial charge in [0.1, 0.15) is 0 Å². The lowest BCUT2D eigenvalue weighted by Gasteiger charge is -2.61. The molecule has 0 rings (SSSR count). The van der Waals surface area contributed by atoms with E-state index < -0.39 is 201 Å². The van der Waals surface area contributed by atoms with E-state index >= 15 is 92.2 Å². The van der Waals surface area contributed by atoms with Gasteiger partial charge in [0.25, 0.3) is 0 Å². The van der Waals surface area contributed by atoms with Gasteiger partial charge in [0.15, 0.2) is 0 Å². The number of halogens is 69. The highest BCUT2D eigenvalue weighted by atomic mass is 19.5. The van der Waals surface area contributed by atoms with Crippen molar-refractivity contribution in [3.8, 4) is 0 Å². The largest absolute Gasteiger partial charge is 0.460 e. The summed E-state index contributed by atoms with van der Waals surface area (Å²) >= 11 is 0. The second-order valence-corrected chi connectivity index (χ2v) is 19.0. The zero-order valence-corrected chi connectivity index (χ0v) is 43.0. The Morgan fingerprint density at radius 2 is 0.146 bits per heavy atom. The van der Waals surface area contributed by atoms with Crippen LogP contribution in [0.15, 0.2) is 0 Å². The molecule has 0 saturated carbocycles. The second kappa shape index (κ2) is 23.3. The van der Waals surface area contributed by atoms with Crippen molar-refractivity contribution in [2.24, 2.45) is 0 Å². The number of alkyl halides is 69. The third kappa shape index (κ3) is 11.0. The molecule has 103 heavy (non-hydrogen) atoms. The van der Waals surface area contributed by atoms with E-state index in [2.05, 4.69) is 0 Å². The number of hydrogen-bond acceptors (Lipinski definition) is 1. The first-order valence-electron chi connectivity index (χ1n) is 21.2. The summed E-state index contributed by atoms with van der Waals surface area (Å²) in [4.78, 5) is -10.0. The maximum absolute atomic E-state index is 17.2. The van der Waals surface area contributed by atoms with Gasteiger partial charge in [0.2, 0.25) is 0 Å². The fourth-order valence-electron chi connectivity index (χ4n) is 6.75. The Morgan fingerprint density at radius 3 is 0.223 bits per heavy atom. The molecule has 0 N–H and O–H groups in total. The molecule has 0 fully saturated rings. The van der Waals surface area contributed by atoms with Gasteiger partial charge < -0.3 is 0 Å². The molecule has 3 unspecified atom stereocenters. The number of nitrogens with zero attached hydrogens (tertiary/aromatic N) is 1. The van der Waals surface area contributed by atoms with Crippen LogP contribution in [0.5, 0.6) is 0 Å². The molecular weight excluding hydrogens is 1720 g/mol. The van der Waals surface area contributed by atoms with Gasteiger partial charge in [-0.3, -0.25) is 0 Å². The Labute approximate surface area is 506 Å². The Kier molecular flexibility index (Phi) is 22.2. The standard InChI is InChI=1S/C33F69N/c34-1(35,7(46,47)13(58,59)19(70,71)28(85,86)87)4(40,41)10(52,53)16(64,65)25(82,22(76,77)31(94,95)96)103(26(83,23(78,79)32(97,98)99)17(66,67)11(54,55)5(42,43)2(36,37)8(48,49)14(60,61)20(72,73)29(88,89)90)27(84,24(80,81)33(100,101)102)18(68,69)12(56,57)6(44,45)3(38,39)9(50,51)15(62,63)21(74,75)30(91,92)93. The van der Waals surface area contributed by atoms with Crippen LogP contribution in [0.1, 0.15) is 0 Å². The van der Waals surface area contributed by atoms with Crippen LogP contribution in [-0.4, -0.2) is 201 Å². The first-order chi connectivity index (χ1) is 42.9. The molecule has 0 aromatic rings. The van der Waals surface area contributed by atoms with Crippen LogP contribution in [-0.2, 0) is 0 Å². The second-order valence-electron chi connectivity index (χ2n) is 19.0. The van der Waals surface area contributed by atoms with Crippen molar-refractivity contribution in [1.82, 2.24) is 4.90 Å². The molecular formula is C33F69N. The van der Waals surface area contributed by atoms with Gasteiger partial charge in [0.05, 0.1) is 0 Å². The molecule has 3 atom stereocenters. The summed E-state index contributed by atoms with van der Waals surface area (Å²) in [7, 11) is 0. The minimum Gasteiger partial charge on any atom is -0.212 e. The van der Waals surface area contributed by atoms with Gasteiger partial charge in [-0.25, -0.2) is 13.2 Å². The van der Waals surface area contributed by atoms with Crippen LogP contribution in [0.2, 0.25) is 0 Å². The molecule has 0 amide bonds. The third-order valence-electron chi connectivity index (χ3n) is 12.7. The van der Waals surface area contributed by atoms with Gasteiger partial charge in [-0.05, 0) is 0 Å². The summed E-state index contributed by atoms with van der Waals surface area (Å²) < 4.78 is 999. The Hall–Kier alpha value is -4.87. The van der Waals surface area contributed by atoms with Crippen molar-refractivity contribution in [3.05, 3.63) is 0 Å². The zero-order valence-electron chi connectivity index (χ0n) is 43.0. The first kappa shape index (κ1) is 98.1. The van der Waals surface area contributed by atoms with Gasteiger partial charge in [-0.15, -0.1) is 0 Å². The fraction of sp³-hybridized carbons (Fsp3) is 1.00. The molecule has 0 aromatic heterocycles. The van der Waals surface area contributed by atoms with E-state index in [1.165, 1.54) is 0 Å². The van der Waals surface area contributed by atoms with Crippen LogP contribution >= 0.6 is 0 Å². The maximum atomic E-state index is 17.2. The van der Waals surface area contributed by atoms with E-state index in [9.17, 15) is 211 Å². The van der Waals surface area contributed by atoms with Gasteiger partial charge >= 0.3 is 197 Å². The molecule has 620 valence electrons. The Bertz CT molecular complexity index is 2700. The average molecular weight is 1720 g/mol. The van der Waals surface area contributed by atoms with Crippen LogP contribution in [0, 0.1) is 0 Å². The third-order valence-corrected chi connectivity index (χ3v) is 12.7. The average Bonchev–Trinajstić information content (AvgIpc) is 0.639. The van der Waals surface area contributed by atoms with Gasteiger partial charge in [-0.2, -0.15) is 295 Å². The molecule has 0 radical (unpaired) electrons. The van der Waals surface area contributed by atoms with E-state index in [0.29, 0.717) is 0 Å². The van der Waals surface area contributed by atoms with Crippen LogP contribution in [0.25, 0.3) is 0 Å². The van der Waals surface area contributed by atoms with E-state index in [0.717, 1.165) is 0 Å². The maximum Gasteiger partial charge on any atom is 0.460 e. The summed E-state index contributed by atoms with van der Waals surface area (Å²) in [5.74, 6) is -331. The van der Waals surface area contributed by atoms with E-state index in [1.807, 2.05) is 0 Å². The SMILES string of the molecule is FC(F)(F)C(F)(F)C(F)(F)C(F)(F)C(F)(F)C(F)(F)C(F)(F)C(F)(F)C(F)(N(C(F)(C(F)(F)C(F)(F)F)C(F)(F)C(F)(F)C(F)(F)C(F)(F)C(F)(F)C(F)(F)C(F)(F)C(F)(F)F)C(F)(C(F)(F)C(F)(F)F)C(F)(F)C(F)(F)C(F)(F)C(F)(F)C(F)(F)C(F)(F)C(F)(F)C(F)(F)F)C(F)(F)C(F)(F)F. The van der Waals surface area contributed by atoms with Crippen molar-refractivity contribution >= 4 is 0 Å². The molecule has 0 aliphatic carbocycles. The molecule has 0 aliphatic rings. The highest BCUT2D eigenvalue weighted by molar-refractivity contribution is 5.32. The zero-order chi connectivity index (χ0) is 86.1. The predicted octanol–water partition coefficient (Wildman–Crippen LogP) is 21.9. The molecule has 1 nitrogen and oxygen atoms in total. The van der Waals surface area contributed by atoms with Gasteiger partial charge in [-0.1, -0.05) is 0 Å². The highest BCUT2D eigenvalue weighted by Gasteiger charge is 3.10. The summed E-state index contributed by atoms with van der Waals surface area (Å²) in [5, 5.41) is 0.